The summed E-state index contributed by atoms with van der Waals surface area (Å²) in [5, 5.41) is 0. The molecule has 30 heavy (non-hydrogen) atoms. The minimum atomic E-state index is -3.85. The normalized spacial score (nSPS) is 15.8. The van der Waals surface area contributed by atoms with E-state index in [2.05, 4.69) is 0 Å². The van der Waals surface area contributed by atoms with Crippen LogP contribution in [0.2, 0.25) is 0 Å². The number of halogens is 1. The van der Waals surface area contributed by atoms with Crippen molar-refractivity contribution in [3.8, 4) is 0 Å². The van der Waals surface area contributed by atoms with Crippen LogP contribution < -0.4 is 11.5 Å². The molecule has 10 nitrogen and oxygen atoms in total. The van der Waals surface area contributed by atoms with Crippen LogP contribution in [0.5, 0.6) is 0 Å². The summed E-state index contributed by atoms with van der Waals surface area (Å²) in [6.45, 7) is 2.44. The van der Waals surface area contributed by atoms with Crippen molar-refractivity contribution in [1.82, 2.24) is 9.80 Å². The minimum absolute atomic E-state index is 0. The molecule has 0 aromatic rings. The summed E-state index contributed by atoms with van der Waals surface area (Å²) in [6, 6.07) is 0. The predicted octanol–water partition coefficient (Wildman–Crippen LogP) is 0.292. The summed E-state index contributed by atoms with van der Waals surface area (Å²) in [6.07, 6.45) is 11.9. The molecule has 2 aliphatic rings. The summed E-state index contributed by atoms with van der Waals surface area (Å²) >= 11 is 0. The summed E-state index contributed by atoms with van der Waals surface area (Å²) in [5.41, 5.74) is 11.3. The summed E-state index contributed by atoms with van der Waals surface area (Å²) in [7, 11) is -7.69. The van der Waals surface area contributed by atoms with Crippen LogP contribution in [0, 0.1) is 0 Å². The average molecular weight is 579 g/mol. The molecule has 178 valence electrons. The fourth-order valence-corrected chi connectivity index (χ4v) is 3.44. The predicted molar refractivity (Wildman–Crippen MR) is 115 cm³/mol. The number of nitrogens with zero attached hydrogens (tertiary/aromatic N) is 2. The van der Waals surface area contributed by atoms with Crippen LogP contribution in [-0.2, 0) is 40.7 Å². The van der Waals surface area contributed by atoms with E-state index < -0.39 is 20.2 Å². The van der Waals surface area contributed by atoms with E-state index in [0.29, 0.717) is 50.7 Å². The third kappa shape index (κ3) is 14.8. The first-order valence-electron chi connectivity index (χ1n) is 8.63. The van der Waals surface area contributed by atoms with Crippen molar-refractivity contribution in [3.63, 3.8) is 0 Å². The molecule has 2 aliphatic heterocycles. The molecule has 0 fully saturated rings. The van der Waals surface area contributed by atoms with E-state index in [9.17, 15) is 16.8 Å². The van der Waals surface area contributed by atoms with Gasteiger partial charge >= 0.3 is 0 Å². The molecule has 0 saturated carbocycles. The van der Waals surface area contributed by atoms with Gasteiger partial charge in [0.05, 0.1) is 23.1 Å². The first kappa shape index (κ1) is 31.1. The van der Waals surface area contributed by atoms with E-state index in [1.54, 1.807) is 12.2 Å². The molecule has 0 spiro atoms. The quantitative estimate of drug-likeness (QED) is 0.232. The Hall–Kier alpha value is -1.07. The van der Waals surface area contributed by atoms with Crippen LogP contribution in [0.25, 0.3) is 0 Å². The molecule has 0 aliphatic carbocycles. The molecular formula is C16H29ClN4O6PdS2. The molecule has 0 aromatic heterocycles. The Kier molecular flexibility index (Phi) is 15.4. The zero-order valence-corrected chi connectivity index (χ0v) is 20.2. The van der Waals surface area contributed by atoms with Crippen molar-refractivity contribution < 1.29 is 46.4 Å². The molecule has 0 bridgehead atoms. The second kappa shape index (κ2) is 14.9. The summed E-state index contributed by atoms with van der Waals surface area (Å²) in [5.74, 6) is 0.812. The van der Waals surface area contributed by atoms with Crippen LogP contribution in [0.3, 0.4) is 0 Å². The average Bonchev–Trinajstić information content (AvgIpc) is 2.57. The molecule has 0 amide bonds. The van der Waals surface area contributed by atoms with Crippen LogP contribution >= 0.6 is 12.4 Å². The number of hydrogen-bond acceptors (Lipinski definition) is 8. The second-order valence-corrected chi connectivity index (χ2v) is 9.35. The van der Waals surface area contributed by atoms with Crippen molar-refractivity contribution in [2.75, 3.05) is 37.7 Å². The van der Waals surface area contributed by atoms with Gasteiger partial charge in [0.15, 0.2) is 0 Å². The third-order valence-corrected chi connectivity index (χ3v) is 5.46. The van der Waals surface area contributed by atoms with Gasteiger partial charge in [-0.05, 0) is 25.0 Å². The van der Waals surface area contributed by atoms with Gasteiger partial charge in [-0.1, -0.05) is 24.3 Å². The molecule has 2 heterocycles. The fourth-order valence-electron chi connectivity index (χ4n) is 2.45. The van der Waals surface area contributed by atoms with Crippen molar-refractivity contribution in [3.05, 3.63) is 48.1 Å². The molecule has 0 unspecified atom stereocenters. The van der Waals surface area contributed by atoms with E-state index in [0.717, 1.165) is 0 Å². The standard InChI is InChI=1S/2C8H14N2O3S.ClH.Pd/c2*9-8-4-1-2-5-10(8)6-3-7-14(11,12)13;;/h2*1-2,4H,3,5-7,9H2,(H,11,12,13);1H;. The Morgan fingerprint density at radius 1 is 0.800 bits per heavy atom. The zero-order valence-electron chi connectivity index (χ0n) is 16.2. The first-order valence-corrected chi connectivity index (χ1v) is 11.8. The molecule has 0 aromatic carbocycles. The van der Waals surface area contributed by atoms with E-state index in [4.69, 9.17) is 20.6 Å². The first-order chi connectivity index (χ1) is 13.0. The molecule has 0 saturated heterocycles. The Labute approximate surface area is 198 Å². The van der Waals surface area contributed by atoms with E-state index in [-0.39, 0.29) is 44.3 Å². The number of allylic oxidation sites excluding steroid dienone is 4. The SMILES string of the molecule is Cl.NC1=CC=CCN1CCCS(=O)(=O)O.NC1=CC=CCN1CCCS(=O)(=O)O.[Pd]. The van der Waals surface area contributed by atoms with Gasteiger partial charge in [0.25, 0.3) is 20.2 Å². The Balaban J connectivity index is 0. The molecule has 14 heteroatoms. The molecule has 0 radical (unpaired) electrons. The zero-order chi connectivity index (χ0) is 21.2. The number of rotatable bonds is 8. The van der Waals surface area contributed by atoms with Gasteiger partial charge in [-0.25, -0.2) is 0 Å². The van der Waals surface area contributed by atoms with Gasteiger partial charge in [0, 0.05) is 46.6 Å². The van der Waals surface area contributed by atoms with Crippen molar-refractivity contribution in [1.29, 1.82) is 0 Å². The van der Waals surface area contributed by atoms with E-state index in [1.807, 2.05) is 34.1 Å². The number of hydrogen-bond donors (Lipinski definition) is 4. The van der Waals surface area contributed by atoms with Gasteiger partial charge in [0.2, 0.25) is 0 Å². The van der Waals surface area contributed by atoms with E-state index >= 15 is 0 Å². The van der Waals surface area contributed by atoms with Crippen molar-refractivity contribution in [2.24, 2.45) is 11.5 Å². The topological polar surface area (TPSA) is 167 Å². The Morgan fingerprint density at radius 3 is 1.40 bits per heavy atom. The summed E-state index contributed by atoms with van der Waals surface area (Å²) in [4.78, 5) is 3.70. The van der Waals surface area contributed by atoms with E-state index in [1.165, 1.54) is 0 Å². The molecule has 0 atom stereocenters. The van der Waals surface area contributed by atoms with Gasteiger partial charge in [-0.15, -0.1) is 12.4 Å². The maximum absolute atomic E-state index is 10.4. The van der Waals surface area contributed by atoms with Gasteiger partial charge < -0.3 is 21.3 Å². The van der Waals surface area contributed by atoms with Crippen LogP contribution in [0.4, 0.5) is 0 Å². The third-order valence-electron chi connectivity index (χ3n) is 3.85. The van der Waals surface area contributed by atoms with Crippen molar-refractivity contribution >= 4 is 32.6 Å². The fraction of sp³-hybridized carbons (Fsp3) is 0.500. The monoisotopic (exact) mass is 578 g/mol. The second-order valence-electron chi connectivity index (χ2n) is 6.21. The maximum atomic E-state index is 10.4. The van der Waals surface area contributed by atoms with Crippen molar-refractivity contribution in [2.45, 2.75) is 12.8 Å². The number of nitrogens with two attached hydrogens (primary N) is 2. The molecular weight excluding hydrogens is 550 g/mol. The minimum Gasteiger partial charge on any atom is -0.385 e. The van der Waals surface area contributed by atoms with Gasteiger partial charge in [-0.3, -0.25) is 9.11 Å². The Morgan fingerprint density at radius 2 is 1.13 bits per heavy atom. The Bertz CT molecular complexity index is 774. The molecule has 2 rings (SSSR count). The maximum Gasteiger partial charge on any atom is 0.264 e. The van der Waals surface area contributed by atoms with Crippen LogP contribution in [-0.4, -0.2) is 73.4 Å². The molecule has 6 N–H and O–H groups in total. The van der Waals surface area contributed by atoms with Crippen LogP contribution in [0.1, 0.15) is 12.8 Å². The van der Waals surface area contributed by atoms with Gasteiger partial charge in [0.1, 0.15) is 0 Å². The smallest absolute Gasteiger partial charge is 0.264 e. The summed E-state index contributed by atoms with van der Waals surface area (Å²) < 4.78 is 58.7. The van der Waals surface area contributed by atoms with Gasteiger partial charge in [-0.2, -0.15) is 16.8 Å². The largest absolute Gasteiger partial charge is 0.385 e. The van der Waals surface area contributed by atoms with Crippen LogP contribution in [0.15, 0.2) is 48.1 Å².